The van der Waals surface area contributed by atoms with E-state index in [0.29, 0.717) is 26.2 Å². The zero-order valence-corrected chi connectivity index (χ0v) is 19.9. The van der Waals surface area contributed by atoms with Crippen molar-refractivity contribution in [3.8, 4) is 5.82 Å². The SMILES string of the molecule is CC(C)/N=C(\c1ccccc1)N1CCN(C(=O)C(=O)c2c[nH]c3c(-n4ccnn4)ncc(F)c23)CC1. The Hall–Kier alpha value is -4.41. The molecule has 184 valence electrons. The van der Waals surface area contributed by atoms with Gasteiger partial charge in [-0.2, -0.15) is 0 Å². The molecular formula is C25H25FN8O2. The van der Waals surface area contributed by atoms with E-state index < -0.39 is 17.5 Å². The number of aliphatic imine (C=N–C) groups is 1. The summed E-state index contributed by atoms with van der Waals surface area (Å²) in [5.41, 5.74) is 1.23. The Morgan fingerprint density at radius 1 is 1.08 bits per heavy atom. The molecule has 0 aliphatic carbocycles. The molecule has 10 nitrogen and oxygen atoms in total. The maximum Gasteiger partial charge on any atom is 0.295 e. The van der Waals surface area contributed by atoms with Crippen LogP contribution in [0.25, 0.3) is 16.7 Å². The minimum absolute atomic E-state index is 0.00270. The molecule has 1 aliphatic rings. The van der Waals surface area contributed by atoms with Gasteiger partial charge in [-0.05, 0) is 13.8 Å². The summed E-state index contributed by atoms with van der Waals surface area (Å²) in [6, 6.07) is 10.0. The number of nitrogens with one attached hydrogen (secondary N) is 1. The van der Waals surface area contributed by atoms with Crippen molar-refractivity contribution < 1.29 is 14.0 Å². The molecule has 5 rings (SSSR count). The molecule has 11 heteroatoms. The first-order chi connectivity index (χ1) is 17.4. The summed E-state index contributed by atoms with van der Waals surface area (Å²) >= 11 is 0. The van der Waals surface area contributed by atoms with Crippen molar-refractivity contribution in [2.45, 2.75) is 19.9 Å². The fourth-order valence-electron chi connectivity index (χ4n) is 4.32. The Balaban J connectivity index is 1.35. The van der Waals surface area contributed by atoms with Crippen LogP contribution in [0.1, 0.15) is 29.8 Å². The number of piperazine rings is 1. The van der Waals surface area contributed by atoms with Gasteiger partial charge in [0.05, 0.1) is 35.1 Å². The molecule has 1 fully saturated rings. The summed E-state index contributed by atoms with van der Waals surface area (Å²) in [6.07, 6.45) is 5.37. The summed E-state index contributed by atoms with van der Waals surface area (Å²) in [4.78, 5) is 41.7. The molecule has 36 heavy (non-hydrogen) atoms. The number of nitrogens with zero attached hydrogens (tertiary/aromatic N) is 7. The van der Waals surface area contributed by atoms with Crippen LogP contribution in [0.15, 0.2) is 60.1 Å². The lowest BCUT2D eigenvalue weighted by atomic mass is 10.1. The van der Waals surface area contributed by atoms with Gasteiger partial charge in [0, 0.05) is 44.0 Å². The van der Waals surface area contributed by atoms with Gasteiger partial charge in [0.15, 0.2) is 11.6 Å². The average molecular weight is 489 g/mol. The molecule has 0 unspecified atom stereocenters. The summed E-state index contributed by atoms with van der Waals surface area (Å²) in [6.45, 7) is 5.80. The summed E-state index contributed by atoms with van der Waals surface area (Å²) in [5.74, 6) is -0.995. The van der Waals surface area contributed by atoms with Gasteiger partial charge in [0.1, 0.15) is 5.84 Å². The van der Waals surface area contributed by atoms with Gasteiger partial charge >= 0.3 is 0 Å². The Morgan fingerprint density at radius 2 is 1.81 bits per heavy atom. The standard InChI is InChI=1S/C25H25FN8O2/c1-16(2)30-23(17-6-4-3-5-7-17)32-10-12-33(13-11-32)25(36)22(35)18-14-27-21-20(18)19(26)15-28-24(21)34-9-8-29-31-34/h3-9,14-16,27H,10-13H2,1-2H3/b30-23+. The van der Waals surface area contributed by atoms with Crippen molar-refractivity contribution >= 4 is 28.4 Å². The predicted octanol–water partition coefficient (Wildman–Crippen LogP) is 2.46. The van der Waals surface area contributed by atoms with Gasteiger partial charge in [-0.25, -0.2) is 14.1 Å². The van der Waals surface area contributed by atoms with Gasteiger partial charge < -0.3 is 14.8 Å². The molecule has 0 saturated carbocycles. The molecule has 1 amide bonds. The van der Waals surface area contributed by atoms with E-state index in [0.717, 1.165) is 17.6 Å². The van der Waals surface area contributed by atoms with Gasteiger partial charge in [-0.3, -0.25) is 14.6 Å². The number of pyridine rings is 1. The molecule has 3 aromatic heterocycles. The quantitative estimate of drug-likeness (QED) is 0.200. The molecule has 1 aromatic carbocycles. The van der Waals surface area contributed by atoms with E-state index in [1.807, 2.05) is 44.2 Å². The number of hydrogen-bond donors (Lipinski definition) is 1. The number of hydrogen-bond acceptors (Lipinski definition) is 6. The number of benzene rings is 1. The fourth-order valence-corrected chi connectivity index (χ4v) is 4.32. The highest BCUT2D eigenvalue weighted by Crippen LogP contribution is 2.26. The van der Waals surface area contributed by atoms with Crippen LogP contribution in [0, 0.1) is 5.82 Å². The van der Waals surface area contributed by atoms with E-state index in [9.17, 15) is 14.0 Å². The van der Waals surface area contributed by atoms with Gasteiger partial charge in [-0.15, -0.1) is 5.10 Å². The second-order valence-corrected chi connectivity index (χ2v) is 8.75. The van der Waals surface area contributed by atoms with Crippen molar-refractivity contribution in [1.82, 2.24) is 34.8 Å². The zero-order valence-electron chi connectivity index (χ0n) is 19.9. The average Bonchev–Trinajstić information content (AvgIpc) is 3.59. The number of aromatic amines is 1. The molecular weight excluding hydrogens is 463 g/mol. The molecule has 0 bridgehead atoms. The summed E-state index contributed by atoms with van der Waals surface area (Å²) < 4.78 is 16.1. The van der Waals surface area contributed by atoms with Crippen molar-refractivity contribution in [3.63, 3.8) is 0 Å². The van der Waals surface area contributed by atoms with Crippen LogP contribution in [0.4, 0.5) is 4.39 Å². The van der Waals surface area contributed by atoms with E-state index in [-0.39, 0.29) is 28.3 Å². The lowest BCUT2D eigenvalue weighted by molar-refractivity contribution is -0.127. The van der Waals surface area contributed by atoms with Crippen LogP contribution in [-0.2, 0) is 4.79 Å². The highest BCUT2D eigenvalue weighted by Gasteiger charge is 2.31. The van der Waals surface area contributed by atoms with Crippen LogP contribution in [0.5, 0.6) is 0 Å². The lowest BCUT2D eigenvalue weighted by Crippen LogP contribution is -2.52. The summed E-state index contributed by atoms with van der Waals surface area (Å²) in [5, 5.41) is 7.62. The number of rotatable bonds is 5. The number of ketones is 1. The van der Waals surface area contributed by atoms with Crippen molar-refractivity contribution in [2.75, 3.05) is 26.2 Å². The third-order valence-corrected chi connectivity index (χ3v) is 6.00. The Labute approximate surface area is 206 Å². The van der Waals surface area contributed by atoms with Gasteiger partial charge in [0.25, 0.3) is 11.7 Å². The normalized spacial score (nSPS) is 14.6. The second kappa shape index (κ2) is 9.68. The topological polar surface area (TPSA) is 112 Å². The van der Waals surface area contributed by atoms with Gasteiger partial charge in [-0.1, -0.05) is 35.5 Å². The zero-order chi connectivity index (χ0) is 25.2. The number of amides is 1. The van der Waals surface area contributed by atoms with Crippen LogP contribution < -0.4 is 0 Å². The number of H-pyrrole nitrogens is 1. The molecule has 4 aromatic rings. The van der Waals surface area contributed by atoms with Crippen LogP contribution >= 0.6 is 0 Å². The number of aromatic nitrogens is 5. The van der Waals surface area contributed by atoms with Crippen LogP contribution in [0.3, 0.4) is 0 Å². The van der Waals surface area contributed by atoms with Gasteiger partial charge in [0.2, 0.25) is 0 Å². The Morgan fingerprint density at radius 3 is 2.47 bits per heavy atom. The van der Waals surface area contributed by atoms with Crippen LogP contribution in [-0.4, -0.2) is 84.5 Å². The number of amidine groups is 1. The molecule has 0 spiro atoms. The second-order valence-electron chi connectivity index (χ2n) is 8.75. The van der Waals surface area contributed by atoms with Crippen molar-refractivity contribution in [3.05, 3.63) is 72.1 Å². The summed E-state index contributed by atoms with van der Waals surface area (Å²) in [7, 11) is 0. The lowest BCUT2D eigenvalue weighted by Gasteiger charge is -2.36. The fraction of sp³-hybridized carbons (Fsp3) is 0.280. The van der Waals surface area contributed by atoms with E-state index in [1.165, 1.54) is 22.0 Å². The Bertz CT molecular complexity index is 1420. The maximum atomic E-state index is 14.7. The Kier molecular flexibility index (Phi) is 6.28. The highest BCUT2D eigenvalue weighted by atomic mass is 19.1. The number of carbonyl (C=O) groups is 2. The molecule has 0 atom stereocenters. The highest BCUT2D eigenvalue weighted by molar-refractivity contribution is 6.45. The van der Waals surface area contributed by atoms with Crippen LogP contribution in [0.2, 0.25) is 0 Å². The third-order valence-electron chi connectivity index (χ3n) is 6.00. The van der Waals surface area contributed by atoms with Crippen molar-refractivity contribution in [2.24, 2.45) is 4.99 Å². The smallest absolute Gasteiger partial charge is 0.295 e. The molecule has 1 N–H and O–H groups in total. The van der Waals surface area contributed by atoms with Crippen molar-refractivity contribution in [1.29, 1.82) is 0 Å². The largest absolute Gasteiger partial charge is 0.357 e. The minimum atomic E-state index is -0.775. The first kappa shape index (κ1) is 23.3. The van der Waals surface area contributed by atoms with E-state index in [4.69, 9.17) is 4.99 Å². The number of fused-ring (bicyclic) bond motifs is 1. The van der Waals surface area contributed by atoms with E-state index in [1.54, 1.807) is 6.20 Å². The first-order valence-corrected chi connectivity index (χ1v) is 11.7. The predicted molar refractivity (Wildman–Crippen MR) is 132 cm³/mol. The minimum Gasteiger partial charge on any atom is -0.357 e. The monoisotopic (exact) mass is 488 g/mol. The molecule has 1 aliphatic heterocycles. The third kappa shape index (κ3) is 4.35. The molecule has 1 saturated heterocycles. The first-order valence-electron chi connectivity index (χ1n) is 11.7. The van der Waals surface area contributed by atoms with E-state index >= 15 is 0 Å². The molecule has 0 radical (unpaired) electrons. The molecule has 4 heterocycles. The maximum absolute atomic E-state index is 14.7. The number of Topliss-reactive ketones (excluding diaryl/α,β-unsaturated/α-hetero) is 1. The number of carbonyl (C=O) groups excluding carboxylic acids is 2. The van der Waals surface area contributed by atoms with E-state index in [2.05, 4.69) is 25.2 Å². The number of halogens is 1.